The van der Waals surface area contributed by atoms with E-state index in [1.165, 1.54) is 0 Å². The molecule has 0 saturated carbocycles. The van der Waals surface area contributed by atoms with Gasteiger partial charge in [-0.15, -0.1) is 35.7 Å². The topological polar surface area (TPSA) is 17.1 Å². The summed E-state index contributed by atoms with van der Waals surface area (Å²) in [5.41, 5.74) is 0.764. The van der Waals surface area contributed by atoms with Crippen LogP contribution in [0.5, 0.6) is 0 Å². The summed E-state index contributed by atoms with van der Waals surface area (Å²) in [5, 5.41) is 3.13. The second-order valence-electron chi connectivity index (χ2n) is 2.80. The van der Waals surface area contributed by atoms with Gasteiger partial charge in [0.25, 0.3) is 0 Å². The van der Waals surface area contributed by atoms with E-state index in [-0.39, 0.29) is 0 Å². The van der Waals surface area contributed by atoms with Crippen LogP contribution in [-0.2, 0) is 0 Å². The average molecular weight is 240 g/mol. The standard InChI is InChI=1S/C10H8OS3/c1-13-9-6(4-11)2-3-7-8(12)5-14-10(7)9/h2-5,12H,1H3. The number of hydrogen-bond donors (Lipinski definition) is 1. The van der Waals surface area contributed by atoms with Gasteiger partial charge in [-0.1, -0.05) is 6.07 Å². The molecule has 2 rings (SSSR count). The van der Waals surface area contributed by atoms with Crippen LogP contribution in [0.1, 0.15) is 10.4 Å². The van der Waals surface area contributed by atoms with Gasteiger partial charge in [-0.3, -0.25) is 4.79 Å². The van der Waals surface area contributed by atoms with Gasteiger partial charge < -0.3 is 0 Å². The van der Waals surface area contributed by atoms with E-state index in [0.717, 1.165) is 31.7 Å². The predicted molar refractivity (Wildman–Crippen MR) is 66.2 cm³/mol. The second kappa shape index (κ2) is 3.96. The highest BCUT2D eigenvalue weighted by molar-refractivity contribution is 7.99. The maximum Gasteiger partial charge on any atom is 0.151 e. The van der Waals surface area contributed by atoms with Crippen molar-refractivity contribution in [2.45, 2.75) is 9.79 Å². The van der Waals surface area contributed by atoms with Gasteiger partial charge in [0, 0.05) is 30.8 Å². The third-order valence-electron chi connectivity index (χ3n) is 2.04. The zero-order valence-corrected chi connectivity index (χ0v) is 10.0. The number of thiol groups is 1. The number of carbonyl (C=O) groups is 1. The molecule has 0 radical (unpaired) electrons. The first-order valence-electron chi connectivity index (χ1n) is 4.00. The lowest BCUT2D eigenvalue weighted by atomic mass is 10.2. The predicted octanol–water partition coefficient (Wildman–Crippen LogP) is 3.72. The number of thiophene rings is 1. The SMILES string of the molecule is CSc1c(C=O)ccc2c(S)csc12. The normalized spacial score (nSPS) is 10.7. The van der Waals surface area contributed by atoms with Gasteiger partial charge in [0.15, 0.2) is 6.29 Å². The number of carbonyl (C=O) groups excluding carboxylic acids is 1. The average Bonchev–Trinajstić information content (AvgIpc) is 2.59. The molecule has 0 aliphatic heterocycles. The zero-order chi connectivity index (χ0) is 10.1. The van der Waals surface area contributed by atoms with E-state index in [1.807, 2.05) is 23.8 Å². The molecular weight excluding hydrogens is 232 g/mol. The van der Waals surface area contributed by atoms with E-state index in [1.54, 1.807) is 23.1 Å². The van der Waals surface area contributed by atoms with Crippen molar-refractivity contribution in [2.75, 3.05) is 6.26 Å². The lowest BCUT2D eigenvalue weighted by Crippen LogP contribution is -1.83. The lowest BCUT2D eigenvalue weighted by Gasteiger charge is -2.02. The van der Waals surface area contributed by atoms with E-state index in [4.69, 9.17) is 0 Å². The van der Waals surface area contributed by atoms with E-state index < -0.39 is 0 Å². The molecule has 0 fully saturated rings. The number of aldehydes is 1. The van der Waals surface area contributed by atoms with Crippen LogP contribution in [0.4, 0.5) is 0 Å². The second-order valence-corrected chi connectivity index (χ2v) is 4.98. The van der Waals surface area contributed by atoms with Gasteiger partial charge in [0.05, 0.1) is 0 Å². The largest absolute Gasteiger partial charge is 0.298 e. The van der Waals surface area contributed by atoms with E-state index >= 15 is 0 Å². The highest BCUT2D eigenvalue weighted by atomic mass is 32.2. The van der Waals surface area contributed by atoms with Gasteiger partial charge in [-0.2, -0.15) is 0 Å². The number of fused-ring (bicyclic) bond motifs is 1. The van der Waals surface area contributed by atoms with Gasteiger partial charge in [-0.25, -0.2) is 0 Å². The molecule has 0 bridgehead atoms. The molecule has 0 N–H and O–H groups in total. The van der Waals surface area contributed by atoms with Crippen molar-refractivity contribution in [2.24, 2.45) is 0 Å². The zero-order valence-electron chi connectivity index (χ0n) is 7.48. The van der Waals surface area contributed by atoms with Crippen LogP contribution in [0.3, 0.4) is 0 Å². The van der Waals surface area contributed by atoms with Crippen LogP contribution < -0.4 is 0 Å². The minimum atomic E-state index is 0.764. The maximum absolute atomic E-state index is 10.8. The summed E-state index contributed by atoms with van der Waals surface area (Å²) in [7, 11) is 0. The molecule has 4 heteroatoms. The molecule has 0 aliphatic carbocycles. The summed E-state index contributed by atoms with van der Waals surface area (Å²) >= 11 is 7.61. The van der Waals surface area contributed by atoms with Crippen molar-refractivity contribution < 1.29 is 4.79 Å². The summed E-state index contributed by atoms with van der Waals surface area (Å²) in [6.45, 7) is 0. The van der Waals surface area contributed by atoms with Crippen LogP contribution >= 0.6 is 35.7 Å². The number of hydrogen-bond acceptors (Lipinski definition) is 4. The molecule has 2 aromatic rings. The van der Waals surface area contributed by atoms with Crippen molar-refractivity contribution in [1.29, 1.82) is 0 Å². The monoisotopic (exact) mass is 240 g/mol. The van der Waals surface area contributed by atoms with Crippen LogP contribution in [0.25, 0.3) is 10.1 Å². The Balaban J connectivity index is 2.84. The first-order valence-corrected chi connectivity index (χ1v) is 6.55. The lowest BCUT2D eigenvalue weighted by molar-refractivity contribution is 0.112. The third kappa shape index (κ3) is 1.47. The van der Waals surface area contributed by atoms with Crippen molar-refractivity contribution >= 4 is 52.1 Å². The Morgan fingerprint density at radius 3 is 2.93 bits per heavy atom. The Hall–Kier alpha value is -0.450. The summed E-state index contributed by atoms with van der Waals surface area (Å²) < 4.78 is 1.16. The highest BCUT2D eigenvalue weighted by Crippen LogP contribution is 2.36. The third-order valence-corrected chi connectivity index (χ3v) is 4.57. The van der Waals surface area contributed by atoms with Crippen molar-refractivity contribution in [3.63, 3.8) is 0 Å². The molecule has 0 unspecified atom stereocenters. The Labute approximate surface area is 95.9 Å². The molecule has 1 heterocycles. The minimum absolute atomic E-state index is 0.764. The minimum Gasteiger partial charge on any atom is -0.298 e. The fourth-order valence-electron chi connectivity index (χ4n) is 1.38. The molecule has 0 aliphatic rings. The molecule has 0 spiro atoms. The molecule has 0 saturated heterocycles. The quantitative estimate of drug-likeness (QED) is 0.489. The van der Waals surface area contributed by atoms with Crippen LogP contribution in [-0.4, -0.2) is 12.5 Å². The first-order chi connectivity index (χ1) is 6.77. The van der Waals surface area contributed by atoms with Crippen LogP contribution in [0, 0.1) is 0 Å². The van der Waals surface area contributed by atoms with Gasteiger partial charge >= 0.3 is 0 Å². The Morgan fingerprint density at radius 2 is 2.29 bits per heavy atom. The molecule has 72 valence electrons. The Kier molecular flexibility index (Phi) is 2.85. The molecule has 0 amide bonds. The van der Waals surface area contributed by atoms with E-state index in [2.05, 4.69) is 12.6 Å². The molecule has 1 nitrogen and oxygen atoms in total. The Morgan fingerprint density at radius 1 is 1.50 bits per heavy atom. The Bertz CT molecular complexity index is 487. The van der Waals surface area contributed by atoms with Crippen molar-refractivity contribution in [1.82, 2.24) is 0 Å². The first kappa shape index (κ1) is 10.1. The van der Waals surface area contributed by atoms with Crippen LogP contribution in [0.15, 0.2) is 27.3 Å². The molecule has 14 heavy (non-hydrogen) atoms. The maximum atomic E-state index is 10.8. The number of benzene rings is 1. The van der Waals surface area contributed by atoms with Gasteiger partial charge in [0.1, 0.15) is 0 Å². The van der Waals surface area contributed by atoms with Gasteiger partial charge in [0.2, 0.25) is 0 Å². The summed E-state index contributed by atoms with van der Waals surface area (Å²) in [4.78, 5) is 12.9. The van der Waals surface area contributed by atoms with E-state index in [0.29, 0.717) is 0 Å². The van der Waals surface area contributed by atoms with Gasteiger partial charge in [-0.05, 0) is 12.3 Å². The highest BCUT2D eigenvalue weighted by Gasteiger charge is 2.09. The summed E-state index contributed by atoms with van der Waals surface area (Å²) in [6.07, 6.45) is 2.89. The molecular formula is C10H8OS3. The summed E-state index contributed by atoms with van der Waals surface area (Å²) in [6, 6.07) is 3.81. The number of rotatable bonds is 2. The number of thioether (sulfide) groups is 1. The van der Waals surface area contributed by atoms with Crippen molar-refractivity contribution in [3.8, 4) is 0 Å². The van der Waals surface area contributed by atoms with Crippen LogP contribution in [0.2, 0.25) is 0 Å². The smallest absolute Gasteiger partial charge is 0.151 e. The molecule has 1 aromatic carbocycles. The molecule has 1 aromatic heterocycles. The molecule has 0 atom stereocenters. The summed E-state index contributed by atoms with van der Waals surface area (Å²) in [5.74, 6) is 0. The fraction of sp³-hybridized carbons (Fsp3) is 0.100. The van der Waals surface area contributed by atoms with Crippen molar-refractivity contribution in [3.05, 3.63) is 23.1 Å². The van der Waals surface area contributed by atoms with E-state index in [9.17, 15) is 4.79 Å². The fourth-order valence-corrected chi connectivity index (χ4v) is 3.73.